The van der Waals surface area contributed by atoms with E-state index in [9.17, 15) is 41.5 Å². The van der Waals surface area contributed by atoms with Crippen molar-refractivity contribution in [1.29, 1.82) is 5.26 Å². The molecule has 1 aliphatic rings. The van der Waals surface area contributed by atoms with Crippen LogP contribution in [0.1, 0.15) is 37.3 Å². The highest BCUT2D eigenvalue weighted by molar-refractivity contribution is 5.80. The Morgan fingerprint density at radius 1 is 1.39 bits per heavy atom. The van der Waals surface area contributed by atoms with Crippen LogP contribution in [0.3, 0.4) is 0 Å². The number of hydrogen-bond acceptors (Lipinski definition) is 3. The number of alkyl halides is 5. The van der Waals surface area contributed by atoms with Gasteiger partial charge >= 0.3 is 12.1 Å². The van der Waals surface area contributed by atoms with E-state index >= 15 is 0 Å². The standard InChI is InChI=1S/C18H16F6N2O2/c1-3-17(16(27)28)12(10(7-25)8(2)26-14(17)15(20)21)9-5-4-6-11(19)13(9)18(22,23)24/h4-6,12,14-15,26H,3H2,1-2H3,(H,27,28). The number of aliphatic carboxylic acids is 1. The molecule has 0 aromatic heterocycles. The van der Waals surface area contributed by atoms with Crippen LogP contribution in [0.5, 0.6) is 0 Å². The second kappa shape index (κ2) is 7.37. The van der Waals surface area contributed by atoms with Gasteiger partial charge in [-0.3, -0.25) is 4.79 Å². The van der Waals surface area contributed by atoms with Gasteiger partial charge < -0.3 is 10.4 Å². The highest BCUT2D eigenvalue weighted by atomic mass is 19.4. The summed E-state index contributed by atoms with van der Waals surface area (Å²) in [7, 11) is 0. The summed E-state index contributed by atoms with van der Waals surface area (Å²) in [6.45, 7) is 2.41. The predicted octanol–water partition coefficient (Wildman–Crippen LogP) is 4.44. The minimum Gasteiger partial charge on any atom is -0.481 e. The third-order valence-electron chi connectivity index (χ3n) is 5.13. The number of carboxylic acids is 1. The first kappa shape index (κ1) is 21.6. The van der Waals surface area contributed by atoms with E-state index in [-0.39, 0.29) is 5.70 Å². The number of allylic oxidation sites excluding steroid dienone is 2. The third kappa shape index (κ3) is 3.19. The van der Waals surface area contributed by atoms with Crippen LogP contribution >= 0.6 is 0 Å². The van der Waals surface area contributed by atoms with E-state index in [4.69, 9.17) is 0 Å². The maximum atomic E-state index is 14.1. The van der Waals surface area contributed by atoms with Crippen molar-refractivity contribution >= 4 is 5.97 Å². The molecule has 0 bridgehead atoms. The van der Waals surface area contributed by atoms with Crippen LogP contribution in [0.25, 0.3) is 0 Å². The van der Waals surface area contributed by atoms with Crippen LogP contribution in [0.4, 0.5) is 26.3 Å². The Kier molecular flexibility index (Phi) is 5.69. The molecule has 3 atom stereocenters. The minimum atomic E-state index is -5.22. The normalized spacial score (nSPS) is 25.4. The summed E-state index contributed by atoms with van der Waals surface area (Å²) in [6, 6.07) is 1.82. The average Bonchev–Trinajstić information content (AvgIpc) is 2.59. The molecule has 0 saturated heterocycles. The number of nitrogens with one attached hydrogen (secondary N) is 1. The molecule has 1 aliphatic heterocycles. The Balaban J connectivity index is 2.99. The summed E-state index contributed by atoms with van der Waals surface area (Å²) in [5.74, 6) is -5.41. The van der Waals surface area contributed by atoms with Gasteiger partial charge in [0, 0.05) is 11.6 Å². The van der Waals surface area contributed by atoms with E-state index < -0.39 is 64.9 Å². The molecule has 10 heteroatoms. The molecule has 2 N–H and O–H groups in total. The van der Waals surface area contributed by atoms with Crippen LogP contribution < -0.4 is 5.32 Å². The first-order valence-electron chi connectivity index (χ1n) is 8.18. The Bertz CT molecular complexity index is 859. The molecule has 1 heterocycles. The molecule has 0 aliphatic carbocycles. The minimum absolute atomic E-state index is 0.180. The second-order valence-electron chi connectivity index (χ2n) is 6.44. The lowest BCUT2D eigenvalue weighted by atomic mass is 9.60. The van der Waals surface area contributed by atoms with E-state index in [1.54, 1.807) is 6.07 Å². The Hall–Kier alpha value is -2.70. The molecular weight excluding hydrogens is 390 g/mol. The van der Waals surface area contributed by atoms with E-state index in [2.05, 4.69) is 5.32 Å². The van der Waals surface area contributed by atoms with Gasteiger partial charge in [-0.15, -0.1) is 0 Å². The summed E-state index contributed by atoms with van der Waals surface area (Å²) >= 11 is 0. The maximum absolute atomic E-state index is 14.1. The van der Waals surface area contributed by atoms with Crippen LogP contribution in [-0.2, 0) is 11.0 Å². The van der Waals surface area contributed by atoms with Gasteiger partial charge in [0.1, 0.15) is 17.3 Å². The largest absolute Gasteiger partial charge is 0.481 e. The SMILES string of the molecule is CCC1(C(=O)O)C(c2cccc(F)c2C(F)(F)F)C(C#N)=C(C)NC1C(F)F. The maximum Gasteiger partial charge on any atom is 0.419 e. The van der Waals surface area contributed by atoms with Gasteiger partial charge in [0.2, 0.25) is 0 Å². The predicted molar refractivity (Wildman–Crippen MR) is 85.7 cm³/mol. The van der Waals surface area contributed by atoms with Crippen molar-refractivity contribution in [2.45, 2.75) is 44.8 Å². The number of halogens is 6. The Morgan fingerprint density at radius 2 is 2.00 bits per heavy atom. The Labute approximate surface area is 156 Å². The number of carbonyl (C=O) groups is 1. The van der Waals surface area contributed by atoms with Crippen LogP contribution in [-0.4, -0.2) is 23.5 Å². The lowest BCUT2D eigenvalue weighted by molar-refractivity contribution is -0.158. The van der Waals surface area contributed by atoms with Gasteiger partial charge in [-0.25, -0.2) is 13.2 Å². The molecule has 0 amide bonds. The number of nitrogens with zero attached hydrogens (tertiary/aromatic N) is 1. The lowest BCUT2D eigenvalue weighted by Crippen LogP contribution is -2.59. The smallest absolute Gasteiger partial charge is 0.419 e. The van der Waals surface area contributed by atoms with Crippen LogP contribution in [0, 0.1) is 22.6 Å². The fraction of sp³-hybridized carbons (Fsp3) is 0.444. The fourth-order valence-electron chi connectivity index (χ4n) is 3.87. The zero-order chi connectivity index (χ0) is 21.4. The topological polar surface area (TPSA) is 73.1 Å². The van der Waals surface area contributed by atoms with Crippen molar-refractivity contribution in [3.8, 4) is 6.07 Å². The fourth-order valence-corrected chi connectivity index (χ4v) is 3.87. The van der Waals surface area contributed by atoms with E-state index in [0.717, 1.165) is 12.1 Å². The molecule has 2 rings (SSSR count). The summed E-state index contributed by atoms with van der Waals surface area (Å²) in [5.41, 5.74) is -5.78. The molecule has 4 nitrogen and oxygen atoms in total. The average molecular weight is 406 g/mol. The first-order valence-corrected chi connectivity index (χ1v) is 8.18. The van der Waals surface area contributed by atoms with Crippen molar-refractivity contribution in [3.63, 3.8) is 0 Å². The van der Waals surface area contributed by atoms with Gasteiger partial charge in [0.15, 0.2) is 0 Å². The first-order chi connectivity index (χ1) is 12.9. The van der Waals surface area contributed by atoms with Gasteiger partial charge in [-0.1, -0.05) is 19.1 Å². The highest BCUT2D eigenvalue weighted by Crippen LogP contribution is 2.53. The van der Waals surface area contributed by atoms with E-state index in [0.29, 0.717) is 6.07 Å². The van der Waals surface area contributed by atoms with Gasteiger partial charge in [-0.05, 0) is 25.0 Å². The number of hydrogen-bond donors (Lipinski definition) is 2. The number of carboxylic acid groups (broad SMARTS) is 1. The molecule has 1 aromatic rings. The zero-order valence-electron chi connectivity index (χ0n) is 14.7. The quantitative estimate of drug-likeness (QED) is 0.725. The number of benzene rings is 1. The molecule has 0 spiro atoms. The van der Waals surface area contributed by atoms with Gasteiger partial charge in [0.25, 0.3) is 6.43 Å². The lowest BCUT2D eigenvalue weighted by Gasteiger charge is -2.47. The zero-order valence-corrected chi connectivity index (χ0v) is 14.7. The van der Waals surface area contributed by atoms with Crippen molar-refractivity contribution in [2.75, 3.05) is 0 Å². The molecule has 3 unspecified atom stereocenters. The highest BCUT2D eigenvalue weighted by Gasteiger charge is 2.60. The van der Waals surface area contributed by atoms with Crippen LogP contribution in [0.15, 0.2) is 29.5 Å². The van der Waals surface area contributed by atoms with Gasteiger partial charge in [0.05, 0.1) is 17.2 Å². The molecule has 152 valence electrons. The monoisotopic (exact) mass is 406 g/mol. The number of nitriles is 1. The molecular formula is C18H16F6N2O2. The second-order valence-corrected chi connectivity index (χ2v) is 6.44. The summed E-state index contributed by atoms with van der Waals surface area (Å²) in [6.07, 6.45) is -9.02. The molecule has 0 radical (unpaired) electrons. The van der Waals surface area contributed by atoms with Crippen molar-refractivity contribution in [2.24, 2.45) is 5.41 Å². The molecule has 28 heavy (non-hydrogen) atoms. The number of rotatable bonds is 4. The summed E-state index contributed by atoms with van der Waals surface area (Å²) < 4.78 is 82.3. The molecule has 1 aromatic carbocycles. The van der Waals surface area contributed by atoms with Crippen LogP contribution in [0.2, 0.25) is 0 Å². The van der Waals surface area contributed by atoms with Crippen molar-refractivity contribution in [3.05, 3.63) is 46.4 Å². The van der Waals surface area contributed by atoms with Gasteiger partial charge in [-0.2, -0.15) is 18.4 Å². The third-order valence-corrected chi connectivity index (χ3v) is 5.13. The molecule has 0 saturated carbocycles. The van der Waals surface area contributed by atoms with E-state index in [1.807, 2.05) is 0 Å². The molecule has 0 fully saturated rings. The van der Waals surface area contributed by atoms with E-state index in [1.165, 1.54) is 13.8 Å². The van der Waals surface area contributed by atoms with Crippen molar-refractivity contribution < 1.29 is 36.2 Å². The Morgan fingerprint density at radius 3 is 2.43 bits per heavy atom. The summed E-state index contributed by atoms with van der Waals surface area (Å²) in [4.78, 5) is 12.1. The van der Waals surface area contributed by atoms with Crippen molar-refractivity contribution in [1.82, 2.24) is 5.32 Å². The summed E-state index contributed by atoms with van der Waals surface area (Å²) in [5, 5.41) is 21.6.